The molecule has 1 fully saturated rings. The van der Waals surface area contributed by atoms with E-state index in [0.29, 0.717) is 17.7 Å². The number of carbonyl (C=O) groups is 2. The zero-order valence-electron chi connectivity index (χ0n) is 19.4. The van der Waals surface area contributed by atoms with Crippen LogP contribution in [0.15, 0.2) is 54.6 Å². The molecule has 0 aliphatic carbocycles. The number of sulfone groups is 1. The second-order valence-electron chi connectivity index (χ2n) is 8.59. The molecule has 178 valence electrons. The number of Topliss-reactive ketones (excluding diaryl/α,β-unsaturated/α-hetero) is 1. The van der Waals surface area contributed by atoms with Crippen molar-refractivity contribution < 1.29 is 18.0 Å². The first-order valence-electron chi connectivity index (χ1n) is 11.4. The van der Waals surface area contributed by atoms with Gasteiger partial charge in [-0.05, 0) is 50.6 Å². The van der Waals surface area contributed by atoms with Gasteiger partial charge in [0, 0.05) is 55.8 Å². The van der Waals surface area contributed by atoms with Gasteiger partial charge < -0.3 is 10.2 Å². The molecule has 8 heteroatoms. The quantitative estimate of drug-likeness (QED) is 0.423. The summed E-state index contributed by atoms with van der Waals surface area (Å²) >= 11 is 0. The standard InChI is InChI=1S/C25H33N3O4S/c1-20(33(2,31)32)25(30)26-22-10-8-9-21(19-22)24(29)13-6-7-14-27-15-17-28(18-16-27)23-11-4-3-5-12-23/h3-5,8-12,19-20H,6-7,13-18H2,1-2H3,(H,26,30). The van der Waals surface area contributed by atoms with Gasteiger partial charge in [-0.1, -0.05) is 30.3 Å². The van der Waals surface area contributed by atoms with Gasteiger partial charge in [0.2, 0.25) is 5.91 Å². The predicted octanol–water partition coefficient (Wildman–Crippen LogP) is 3.23. The lowest BCUT2D eigenvalue weighted by Gasteiger charge is -2.36. The number of benzene rings is 2. The van der Waals surface area contributed by atoms with Crippen molar-refractivity contribution in [3.63, 3.8) is 0 Å². The van der Waals surface area contributed by atoms with Gasteiger partial charge in [-0.2, -0.15) is 0 Å². The Hall–Kier alpha value is -2.71. The molecule has 0 saturated carbocycles. The molecule has 7 nitrogen and oxygen atoms in total. The van der Waals surface area contributed by atoms with Gasteiger partial charge in [0.05, 0.1) is 0 Å². The predicted molar refractivity (Wildman–Crippen MR) is 133 cm³/mol. The van der Waals surface area contributed by atoms with Crippen LogP contribution in [0.5, 0.6) is 0 Å². The summed E-state index contributed by atoms with van der Waals surface area (Å²) in [6.45, 7) is 6.41. The minimum Gasteiger partial charge on any atom is -0.369 e. The van der Waals surface area contributed by atoms with E-state index < -0.39 is 21.0 Å². The first-order chi connectivity index (χ1) is 15.7. The molecule has 0 spiro atoms. The molecule has 0 radical (unpaired) electrons. The number of hydrogen-bond donors (Lipinski definition) is 1. The van der Waals surface area contributed by atoms with Crippen LogP contribution < -0.4 is 10.2 Å². The molecule has 1 unspecified atom stereocenters. The number of nitrogens with one attached hydrogen (secondary N) is 1. The summed E-state index contributed by atoms with van der Waals surface area (Å²) in [4.78, 5) is 29.6. The SMILES string of the molecule is CC(C(=O)Nc1cccc(C(=O)CCCCN2CCN(c3ccccc3)CC2)c1)S(C)(=O)=O. The maximum Gasteiger partial charge on any atom is 0.242 e. The first-order valence-corrected chi connectivity index (χ1v) is 13.3. The topological polar surface area (TPSA) is 86.8 Å². The number of hydrogen-bond acceptors (Lipinski definition) is 6. The highest BCUT2D eigenvalue weighted by atomic mass is 32.2. The second kappa shape index (κ2) is 11.4. The summed E-state index contributed by atoms with van der Waals surface area (Å²) in [5.41, 5.74) is 2.22. The van der Waals surface area contributed by atoms with Crippen molar-refractivity contribution in [1.82, 2.24) is 4.90 Å². The lowest BCUT2D eigenvalue weighted by atomic mass is 10.0. The second-order valence-corrected chi connectivity index (χ2v) is 11.0. The van der Waals surface area contributed by atoms with Crippen molar-refractivity contribution in [2.45, 2.75) is 31.4 Å². The molecule has 1 saturated heterocycles. The lowest BCUT2D eigenvalue weighted by molar-refractivity contribution is -0.115. The number of rotatable bonds is 10. The summed E-state index contributed by atoms with van der Waals surface area (Å²) in [5.74, 6) is -0.578. The largest absolute Gasteiger partial charge is 0.369 e. The van der Waals surface area contributed by atoms with E-state index in [1.807, 2.05) is 6.07 Å². The smallest absolute Gasteiger partial charge is 0.242 e. The van der Waals surface area contributed by atoms with Crippen molar-refractivity contribution in [1.29, 1.82) is 0 Å². The number of para-hydroxylation sites is 1. The summed E-state index contributed by atoms with van der Waals surface area (Å²) in [6, 6.07) is 17.1. The van der Waals surface area contributed by atoms with Gasteiger partial charge in [0.1, 0.15) is 5.25 Å². The zero-order chi connectivity index (χ0) is 23.8. The van der Waals surface area contributed by atoms with Crippen molar-refractivity contribution in [2.24, 2.45) is 0 Å². The summed E-state index contributed by atoms with van der Waals surface area (Å²) < 4.78 is 23.1. The Morgan fingerprint density at radius 3 is 2.33 bits per heavy atom. The Morgan fingerprint density at radius 2 is 1.67 bits per heavy atom. The molecule has 2 aromatic rings. The van der Waals surface area contributed by atoms with E-state index in [2.05, 4.69) is 39.4 Å². The monoisotopic (exact) mass is 471 g/mol. The number of carbonyl (C=O) groups excluding carboxylic acids is 2. The molecule has 1 aliphatic heterocycles. The Bertz CT molecular complexity index is 1050. The summed E-state index contributed by atoms with van der Waals surface area (Å²) in [5, 5.41) is 1.44. The Labute approximate surface area is 196 Å². The van der Waals surface area contributed by atoms with Gasteiger partial charge in [0.15, 0.2) is 15.6 Å². The fraction of sp³-hybridized carbons (Fsp3) is 0.440. The van der Waals surface area contributed by atoms with Crippen LogP contribution in [0.3, 0.4) is 0 Å². The molecule has 2 aromatic carbocycles. The number of anilines is 2. The van der Waals surface area contributed by atoms with E-state index in [1.165, 1.54) is 12.6 Å². The van der Waals surface area contributed by atoms with Gasteiger partial charge >= 0.3 is 0 Å². The third-order valence-electron chi connectivity index (χ3n) is 6.09. The van der Waals surface area contributed by atoms with E-state index in [4.69, 9.17) is 0 Å². The van der Waals surface area contributed by atoms with Crippen molar-refractivity contribution in [3.8, 4) is 0 Å². The van der Waals surface area contributed by atoms with Gasteiger partial charge in [-0.25, -0.2) is 8.42 Å². The molecule has 33 heavy (non-hydrogen) atoms. The van der Waals surface area contributed by atoms with Crippen LogP contribution in [0.1, 0.15) is 36.5 Å². The normalized spacial score (nSPS) is 15.8. The highest BCUT2D eigenvalue weighted by Gasteiger charge is 2.23. The highest BCUT2D eigenvalue weighted by Crippen LogP contribution is 2.17. The Kier molecular flexibility index (Phi) is 8.63. The number of unbranched alkanes of at least 4 members (excludes halogenated alkanes) is 1. The van der Waals surface area contributed by atoms with E-state index >= 15 is 0 Å². The molecule has 1 amide bonds. The number of nitrogens with zero attached hydrogens (tertiary/aromatic N) is 2. The minimum absolute atomic E-state index is 0.0242. The first kappa shape index (κ1) is 24.9. The van der Waals surface area contributed by atoms with Crippen LogP contribution in [0.25, 0.3) is 0 Å². The molecule has 0 bridgehead atoms. The van der Waals surface area contributed by atoms with Crippen molar-refractivity contribution in [3.05, 3.63) is 60.2 Å². The Morgan fingerprint density at radius 1 is 0.970 bits per heavy atom. The third-order valence-corrected chi connectivity index (χ3v) is 7.58. The van der Waals surface area contributed by atoms with E-state index in [9.17, 15) is 18.0 Å². The van der Waals surface area contributed by atoms with Crippen LogP contribution in [0.2, 0.25) is 0 Å². The maximum atomic E-state index is 12.6. The molecule has 1 aliphatic rings. The molecule has 1 atom stereocenters. The average Bonchev–Trinajstić information content (AvgIpc) is 2.81. The molecular weight excluding hydrogens is 438 g/mol. The van der Waals surface area contributed by atoms with Crippen LogP contribution in [0, 0.1) is 0 Å². The lowest BCUT2D eigenvalue weighted by Crippen LogP contribution is -2.46. The number of ketones is 1. The highest BCUT2D eigenvalue weighted by molar-refractivity contribution is 7.92. The van der Waals surface area contributed by atoms with Crippen molar-refractivity contribution in [2.75, 3.05) is 49.2 Å². The summed E-state index contributed by atoms with van der Waals surface area (Å²) in [6.07, 6.45) is 3.24. The van der Waals surface area contributed by atoms with E-state index in [-0.39, 0.29) is 5.78 Å². The molecule has 1 heterocycles. The number of piperazine rings is 1. The number of amides is 1. The summed E-state index contributed by atoms with van der Waals surface area (Å²) in [7, 11) is -3.48. The van der Waals surface area contributed by atoms with Crippen LogP contribution in [-0.2, 0) is 14.6 Å². The maximum absolute atomic E-state index is 12.6. The fourth-order valence-electron chi connectivity index (χ4n) is 3.84. The minimum atomic E-state index is -3.48. The zero-order valence-corrected chi connectivity index (χ0v) is 20.2. The molecule has 1 N–H and O–H groups in total. The molecule has 0 aromatic heterocycles. The van der Waals surface area contributed by atoms with Crippen molar-refractivity contribution >= 4 is 32.9 Å². The molecular formula is C25H33N3O4S. The van der Waals surface area contributed by atoms with E-state index in [0.717, 1.165) is 51.8 Å². The Balaban J connectivity index is 1.40. The third kappa shape index (κ3) is 7.40. The van der Waals surface area contributed by atoms with Gasteiger partial charge in [-0.3, -0.25) is 14.5 Å². The van der Waals surface area contributed by atoms with Gasteiger partial charge in [0.25, 0.3) is 0 Å². The van der Waals surface area contributed by atoms with Crippen LogP contribution >= 0.6 is 0 Å². The van der Waals surface area contributed by atoms with Crippen LogP contribution in [0.4, 0.5) is 11.4 Å². The van der Waals surface area contributed by atoms with Gasteiger partial charge in [-0.15, -0.1) is 0 Å². The van der Waals surface area contributed by atoms with Crippen LogP contribution in [-0.4, -0.2) is 69.2 Å². The fourth-order valence-corrected chi connectivity index (χ4v) is 4.29. The van der Waals surface area contributed by atoms with E-state index in [1.54, 1.807) is 24.3 Å². The average molecular weight is 472 g/mol. The molecule has 3 rings (SSSR count).